The fourth-order valence-corrected chi connectivity index (χ4v) is 4.25. The predicted molar refractivity (Wildman–Crippen MR) is 112 cm³/mol. The highest BCUT2D eigenvalue weighted by molar-refractivity contribution is 5.95. The number of rotatable bonds is 5. The summed E-state index contributed by atoms with van der Waals surface area (Å²) in [6, 6.07) is 1.87. The Morgan fingerprint density at radius 3 is 2.77 bits per heavy atom. The first-order valence-electron chi connectivity index (χ1n) is 10.7. The summed E-state index contributed by atoms with van der Waals surface area (Å²) in [4.78, 5) is 35.0. The molecule has 4 rings (SSSR count). The molecular formula is C21H30N6O3. The molecular weight excluding hydrogens is 384 g/mol. The minimum absolute atomic E-state index is 0.0974. The third-order valence-corrected chi connectivity index (χ3v) is 6.04. The van der Waals surface area contributed by atoms with Gasteiger partial charge in [0, 0.05) is 51.4 Å². The second kappa shape index (κ2) is 9.09. The lowest BCUT2D eigenvalue weighted by atomic mass is 9.96. The van der Waals surface area contributed by atoms with Crippen LogP contribution in [0.15, 0.2) is 17.1 Å². The molecule has 162 valence electrons. The van der Waals surface area contributed by atoms with E-state index in [1.54, 1.807) is 15.7 Å². The monoisotopic (exact) mass is 414 g/mol. The molecule has 2 aliphatic heterocycles. The number of aryl methyl sites for hydroxylation is 2. The number of likely N-dealkylation sites (tertiary alicyclic amines) is 1. The van der Waals surface area contributed by atoms with Crippen LogP contribution >= 0.6 is 0 Å². The summed E-state index contributed by atoms with van der Waals surface area (Å²) >= 11 is 0. The average Bonchev–Trinajstić information content (AvgIpc) is 3.20. The largest absolute Gasteiger partial charge is 0.379 e. The minimum Gasteiger partial charge on any atom is -0.379 e. The number of aromatic nitrogens is 4. The molecule has 0 saturated carbocycles. The SMILES string of the molecule is Cc1nc(C2CCCN(C(=O)c3c(C)ccn(CCN4CCOCC4)c3=O)C2)n[nH]1. The van der Waals surface area contributed by atoms with Gasteiger partial charge in [-0.3, -0.25) is 19.6 Å². The van der Waals surface area contributed by atoms with Gasteiger partial charge in [-0.05, 0) is 38.3 Å². The molecule has 30 heavy (non-hydrogen) atoms. The quantitative estimate of drug-likeness (QED) is 0.782. The molecule has 2 aliphatic rings. The molecule has 9 nitrogen and oxygen atoms in total. The lowest BCUT2D eigenvalue weighted by Crippen LogP contribution is -2.43. The Labute approximate surface area is 176 Å². The van der Waals surface area contributed by atoms with E-state index in [0.717, 1.165) is 62.9 Å². The van der Waals surface area contributed by atoms with Crippen molar-refractivity contribution in [3.63, 3.8) is 0 Å². The number of carbonyl (C=O) groups is 1. The van der Waals surface area contributed by atoms with Crippen LogP contribution in [0, 0.1) is 13.8 Å². The maximum atomic E-state index is 13.3. The van der Waals surface area contributed by atoms with Crippen LogP contribution in [0.5, 0.6) is 0 Å². The molecule has 0 aliphatic carbocycles. The van der Waals surface area contributed by atoms with Crippen molar-refractivity contribution in [2.24, 2.45) is 0 Å². The summed E-state index contributed by atoms with van der Waals surface area (Å²) in [6.45, 7) is 9.45. The zero-order chi connectivity index (χ0) is 21.1. The second-order valence-corrected chi connectivity index (χ2v) is 8.20. The topological polar surface area (TPSA) is 96.4 Å². The summed E-state index contributed by atoms with van der Waals surface area (Å²) in [6.07, 6.45) is 3.62. The number of nitrogens with zero attached hydrogens (tertiary/aromatic N) is 5. The summed E-state index contributed by atoms with van der Waals surface area (Å²) in [5.74, 6) is 1.43. The number of ether oxygens (including phenoxy) is 1. The smallest absolute Gasteiger partial charge is 0.263 e. The van der Waals surface area contributed by atoms with Crippen LogP contribution in [-0.4, -0.2) is 81.4 Å². The number of carbonyl (C=O) groups excluding carboxylic acids is 1. The molecule has 0 spiro atoms. The molecule has 0 radical (unpaired) electrons. The fraction of sp³-hybridized carbons (Fsp3) is 0.619. The number of pyridine rings is 1. The summed E-state index contributed by atoms with van der Waals surface area (Å²) in [5, 5.41) is 7.15. The highest BCUT2D eigenvalue weighted by Gasteiger charge is 2.30. The van der Waals surface area contributed by atoms with Gasteiger partial charge in [0.15, 0.2) is 5.82 Å². The number of hydrogen-bond acceptors (Lipinski definition) is 6. The molecule has 1 atom stereocenters. The lowest BCUT2D eigenvalue weighted by Gasteiger charge is -2.32. The lowest BCUT2D eigenvalue weighted by molar-refractivity contribution is 0.0362. The first-order valence-corrected chi connectivity index (χ1v) is 10.7. The molecule has 9 heteroatoms. The van der Waals surface area contributed by atoms with Gasteiger partial charge in [0.05, 0.1) is 13.2 Å². The molecule has 2 aromatic heterocycles. The Kier molecular flexibility index (Phi) is 6.29. The van der Waals surface area contributed by atoms with Crippen LogP contribution < -0.4 is 5.56 Å². The number of morpholine rings is 1. The van der Waals surface area contributed by atoms with E-state index in [0.29, 0.717) is 19.6 Å². The van der Waals surface area contributed by atoms with Crippen molar-refractivity contribution in [1.29, 1.82) is 0 Å². The van der Waals surface area contributed by atoms with Crippen molar-refractivity contribution < 1.29 is 9.53 Å². The highest BCUT2D eigenvalue weighted by atomic mass is 16.5. The summed E-state index contributed by atoms with van der Waals surface area (Å²) < 4.78 is 7.04. The van der Waals surface area contributed by atoms with E-state index in [4.69, 9.17) is 4.74 Å². The standard InChI is InChI=1S/C21H30N6O3/c1-15-5-7-26(9-8-25-10-12-30-13-11-25)20(28)18(15)21(29)27-6-3-4-17(14-27)19-22-16(2)23-24-19/h5,7,17H,3-4,6,8-14H2,1-2H3,(H,22,23,24). The van der Waals surface area contributed by atoms with Gasteiger partial charge in [-0.2, -0.15) is 5.10 Å². The number of amides is 1. The molecule has 0 bridgehead atoms. The Bertz CT molecular complexity index is 946. The van der Waals surface area contributed by atoms with Gasteiger partial charge in [-0.25, -0.2) is 4.98 Å². The zero-order valence-corrected chi connectivity index (χ0v) is 17.8. The van der Waals surface area contributed by atoms with E-state index in [1.807, 2.05) is 19.9 Å². The van der Waals surface area contributed by atoms with Gasteiger partial charge in [-0.15, -0.1) is 0 Å². The maximum Gasteiger partial charge on any atom is 0.263 e. The zero-order valence-electron chi connectivity index (χ0n) is 17.8. The van der Waals surface area contributed by atoms with Crippen molar-refractivity contribution in [3.05, 3.63) is 45.4 Å². The van der Waals surface area contributed by atoms with Gasteiger partial charge in [0.2, 0.25) is 0 Å². The first kappa shape index (κ1) is 20.7. The van der Waals surface area contributed by atoms with Gasteiger partial charge in [0.1, 0.15) is 11.4 Å². The normalized spacial score (nSPS) is 20.5. The van der Waals surface area contributed by atoms with Crippen LogP contribution in [-0.2, 0) is 11.3 Å². The summed E-state index contributed by atoms with van der Waals surface area (Å²) in [5.41, 5.74) is 0.805. The third-order valence-electron chi connectivity index (χ3n) is 6.04. The molecule has 2 saturated heterocycles. The molecule has 2 aromatic rings. The van der Waals surface area contributed by atoms with Crippen molar-refractivity contribution >= 4 is 5.91 Å². The van der Waals surface area contributed by atoms with Gasteiger partial charge >= 0.3 is 0 Å². The predicted octanol–water partition coefficient (Wildman–Crippen LogP) is 0.935. The molecule has 4 heterocycles. The molecule has 1 unspecified atom stereocenters. The third kappa shape index (κ3) is 4.46. The number of piperidine rings is 1. The van der Waals surface area contributed by atoms with E-state index in [2.05, 4.69) is 20.1 Å². The Balaban J connectivity index is 1.49. The van der Waals surface area contributed by atoms with E-state index in [-0.39, 0.29) is 22.9 Å². The average molecular weight is 415 g/mol. The van der Waals surface area contributed by atoms with Crippen molar-refractivity contribution in [1.82, 2.24) is 29.5 Å². The Hall–Kier alpha value is -2.52. The summed E-state index contributed by atoms with van der Waals surface area (Å²) in [7, 11) is 0. The molecule has 0 aromatic carbocycles. The molecule has 2 fully saturated rings. The molecule has 1 N–H and O–H groups in total. The van der Waals surface area contributed by atoms with Crippen LogP contribution in [0.2, 0.25) is 0 Å². The van der Waals surface area contributed by atoms with Crippen molar-refractivity contribution in [2.75, 3.05) is 45.9 Å². The Morgan fingerprint density at radius 2 is 2.03 bits per heavy atom. The highest BCUT2D eigenvalue weighted by Crippen LogP contribution is 2.25. The van der Waals surface area contributed by atoms with E-state index >= 15 is 0 Å². The number of aromatic amines is 1. The van der Waals surface area contributed by atoms with Crippen LogP contribution in [0.4, 0.5) is 0 Å². The Morgan fingerprint density at radius 1 is 1.23 bits per heavy atom. The molecule has 1 amide bonds. The number of nitrogens with one attached hydrogen (secondary N) is 1. The van der Waals surface area contributed by atoms with Gasteiger partial charge in [-0.1, -0.05) is 0 Å². The number of H-pyrrole nitrogens is 1. The van der Waals surface area contributed by atoms with Crippen LogP contribution in [0.1, 0.15) is 46.3 Å². The van der Waals surface area contributed by atoms with Crippen LogP contribution in [0.25, 0.3) is 0 Å². The minimum atomic E-state index is -0.205. The van der Waals surface area contributed by atoms with Gasteiger partial charge < -0.3 is 14.2 Å². The maximum absolute atomic E-state index is 13.3. The van der Waals surface area contributed by atoms with Crippen LogP contribution in [0.3, 0.4) is 0 Å². The van der Waals surface area contributed by atoms with E-state index < -0.39 is 0 Å². The number of hydrogen-bond donors (Lipinski definition) is 1. The second-order valence-electron chi connectivity index (χ2n) is 8.20. The van der Waals surface area contributed by atoms with E-state index in [1.165, 1.54) is 0 Å². The first-order chi connectivity index (χ1) is 14.5. The van der Waals surface area contributed by atoms with Crippen molar-refractivity contribution in [3.8, 4) is 0 Å². The van der Waals surface area contributed by atoms with E-state index in [9.17, 15) is 9.59 Å². The van der Waals surface area contributed by atoms with Crippen molar-refractivity contribution in [2.45, 2.75) is 39.2 Å². The van der Waals surface area contributed by atoms with Gasteiger partial charge in [0.25, 0.3) is 11.5 Å². The fourth-order valence-electron chi connectivity index (χ4n) is 4.25.